The van der Waals surface area contributed by atoms with E-state index >= 15 is 0 Å². The number of amides is 1. The molecule has 86 valence electrons. The third-order valence-electron chi connectivity index (χ3n) is 3.16. The van der Waals surface area contributed by atoms with Gasteiger partial charge in [0.2, 0.25) is 5.91 Å². The summed E-state index contributed by atoms with van der Waals surface area (Å²) in [7, 11) is 1.92. The van der Waals surface area contributed by atoms with Gasteiger partial charge in [-0.05, 0) is 31.4 Å². The second kappa shape index (κ2) is 4.51. The van der Waals surface area contributed by atoms with Crippen molar-refractivity contribution in [2.45, 2.75) is 25.3 Å². The molecule has 0 bridgehead atoms. The molecule has 1 aliphatic heterocycles. The predicted octanol–water partition coefficient (Wildman–Crippen LogP) is 1.66. The fourth-order valence-electron chi connectivity index (χ4n) is 2.33. The fourth-order valence-corrected chi connectivity index (χ4v) is 2.33. The van der Waals surface area contributed by atoms with Crippen LogP contribution in [0.15, 0.2) is 24.9 Å². The molecule has 1 unspecified atom stereocenters. The maximum Gasteiger partial charge on any atom is 0.246 e. The van der Waals surface area contributed by atoms with Crippen molar-refractivity contribution in [3.8, 4) is 0 Å². The molecule has 0 N–H and O–H groups in total. The summed E-state index contributed by atoms with van der Waals surface area (Å²) in [6, 6.07) is 2.14. The number of rotatable bonds is 2. The average molecular weight is 219 g/mol. The minimum absolute atomic E-state index is 0.0194. The summed E-state index contributed by atoms with van der Waals surface area (Å²) in [6.45, 7) is 4.38. The third-order valence-corrected chi connectivity index (χ3v) is 3.16. The van der Waals surface area contributed by atoms with Crippen molar-refractivity contribution in [3.05, 3.63) is 30.6 Å². The molecule has 1 aromatic rings. The van der Waals surface area contributed by atoms with E-state index in [1.807, 2.05) is 22.7 Å². The minimum atomic E-state index is 0.0194. The maximum absolute atomic E-state index is 11.8. The second-order valence-corrected chi connectivity index (χ2v) is 4.13. The van der Waals surface area contributed by atoms with Gasteiger partial charge in [0.05, 0.1) is 11.7 Å². The first kappa shape index (κ1) is 10.9. The van der Waals surface area contributed by atoms with Gasteiger partial charge in [-0.3, -0.25) is 9.48 Å². The number of carbonyl (C=O) groups is 1. The summed E-state index contributed by atoms with van der Waals surface area (Å²) in [6.07, 6.45) is 6.43. The van der Waals surface area contributed by atoms with E-state index in [1.54, 1.807) is 6.20 Å². The van der Waals surface area contributed by atoms with Crippen LogP contribution < -0.4 is 0 Å². The van der Waals surface area contributed by atoms with Gasteiger partial charge in [-0.2, -0.15) is 5.10 Å². The lowest BCUT2D eigenvalue weighted by Crippen LogP contribution is -2.38. The standard InChI is InChI=1S/C12H17N3O/c1-3-12(16)15-9-5-4-6-11(15)10-7-8-13-14(10)2/h3,7-8,11H,1,4-6,9H2,2H3. The van der Waals surface area contributed by atoms with Crippen LogP contribution in [0.25, 0.3) is 0 Å². The van der Waals surface area contributed by atoms with Crippen molar-refractivity contribution < 1.29 is 4.79 Å². The molecule has 1 aliphatic rings. The predicted molar refractivity (Wildman–Crippen MR) is 61.7 cm³/mol. The lowest BCUT2D eigenvalue weighted by Gasteiger charge is -2.35. The van der Waals surface area contributed by atoms with E-state index in [0.717, 1.165) is 31.5 Å². The smallest absolute Gasteiger partial charge is 0.246 e. The molecule has 4 nitrogen and oxygen atoms in total. The van der Waals surface area contributed by atoms with Crippen LogP contribution in [-0.2, 0) is 11.8 Å². The van der Waals surface area contributed by atoms with Crippen molar-refractivity contribution in [3.63, 3.8) is 0 Å². The lowest BCUT2D eigenvalue weighted by molar-refractivity contribution is -0.129. The Bertz CT molecular complexity index is 397. The zero-order chi connectivity index (χ0) is 11.5. The van der Waals surface area contributed by atoms with Gasteiger partial charge in [-0.25, -0.2) is 0 Å². The average Bonchev–Trinajstić information content (AvgIpc) is 2.74. The molecule has 1 fully saturated rings. The summed E-state index contributed by atoms with van der Waals surface area (Å²) in [5, 5.41) is 4.16. The monoisotopic (exact) mass is 219 g/mol. The van der Waals surface area contributed by atoms with Gasteiger partial charge in [-0.1, -0.05) is 6.58 Å². The van der Waals surface area contributed by atoms with Gasteiger partial charge in [0, 0.05) is 19.8 Å². The van der Waals surface area contributed by atoms with Gasteiger partial charge in [0.1, 0.15) is 0 Å². The van der Waals surface area contributed by atoms with Crippen molar-refractivity contribution in [1.82, 2.24) is 14.7 Å². The molecule has 1 atom stereocenters. The fraction of sp³-hybridized carbons (Fsp3) is 0.500. The number of hydrogen-bond acceptors (Lipinski definition) is 2. The molecule has 0 saturated carbocycles. The maximum atomic E-state index is 11.8. The highest BCUT2D eigenvalue weighted by molar-refractivity contribution is 5.87. The Balaban J connectivity index is 2.26. The zero-order valence-corrected chi connectivity index (χ0v) is 9.59. The van der Waals surface area contributed by atoms with Crippen LogP contribution in [0, 0.1) is 0 Å². The molecule has 16 heavy (non-hydrogen) atoms. The Kier molecular flexibility index (Phi) is 3.08. The molecule has 0 aliphatic carbocycles. The van der Waals surface area contributed by atoms with E-state index in [9.17, 15) is 4.79 Å². The first-order valence-electron chi connectivity index (χ1n) is 5.65. The van der Waals surface area contributed by atoms with Gasteiger partial charge in [-0.15, -0.1) is 0 Å². The normalized spacial score (nSPS) is 20.8. The minimum Gasteiger partial charge on any atom is -0.331 e. The molecular weight excluding hydrogens is 202 g/mol. The molecule has 0 aromatic carbocycles. The van der Waals surface area contributed by atoms with Crippen molar-refractivity contribution in [2.75, 3.05) is 6.54 Å². The molecule has 1 amide bonds. The van der Waals surface area contributed by atoms with E-state index in [2.05, 4.69) is 11.7 Å². The summed E-state index contributed by atoms with van der Waals surface area (Å²) < 4.78 is 1.85. The largest absolute Gasteiger partial charge is 0.331 e. The van der Waals surface area contributed by atoms with Crippen molar-refractivity contribution in [1.29, 1.82) is 0 Å². The van der Waals surface area contributed by atoms with Gasteiger partial charge >= 0.3 is 0 Å². The number of piperidine rings is 1. The van der Waals surface area contributed by atoms with Crippen LogP contribution in [0.2, 0.25) is 0 Å². The van der Waals surface area contributed by atoms with Crippen LogP contribution >= 0.6 is 0 Å². The van der Waals surface area contributed by atoms with E-state index in [4.69, 9.17) is 0 Å². The number of likely N-dealkylation sites (tertiary alicyclic amines) is 1. The molecule has 4 heteroatoms. The van der Waals surface area contributed by atoms with E-state index < -0.39 is 0 Å². The summed E-state index contributed by atoms with van der Waals surface area (Å²) in [5.41, 5.74) is 1.11. The molecule has 1 aromatic heterocycles. The molecule has 2 heterocycles. The van der Waals surface area contributed by atoms with E-state index in [-0.39, 0.29) is 11.9 Å². The van der Waals surface area contributed by atoms with E-state index in [1.165, 1.54) is 6.08 Å². The molecule has 2 rings (SSSR count). The Morgan fingerprint density at radius 2 is 2.44 bits per heavy atom. The quantitative estimate of drug-likeness (QED) is 0.709. The van der Waals surface area contributed by atoms with Crippen LogP contribution in [0.4, 0.5) is 0 Å². The Morgan fingerprint density at radius 1 is 1.62 bits per heavy atom. The highest BCUT2D eigenvalue weighted by Gasteiger charge is 2.28. The molecule has 0 spiro atoms. The Morgan fingerprint density at radius 3 is 3.06 bits per heavy atom. The summed E-state index contributed by atoms with van der Waals surface area (Å²) in [5.74, 6) is 0.0194. The number of carbonyl (C=O) groups excluding carboxylic acids is 1. The van der Waals surface area contributed by atoms with Crippen LogP contribution in [0.3, 0.4) is 0 Å². The van der Waals surface area contributed by atoms with Crippen LogP contribution in [-0.4, -0.2) is 27.1 Å². The second-order valence-electron chi connectivity index (χ2n) is 4.13. The SMILES string of the molecule is C=CC(=O)N1CCCCC1c1ccnn1C. The summed E-state index contributed by atoms with van der Waals surface area (Å²) in [4.78, 5) is 13.7. The van der Waals surface area contributed by atoms with E-state index in [0.29, 0.717) is 0 Å². The van der Waals surface area contributed by atoms with Gasteiger partial charge in [0.25, 0.3) is 0 Å². The number of nitrogens with zero attached hydrogens (tertiary/aromatic N) is 3. The molecular formula is C12H17N3O. The van der Waals surface area contributed by atoms with Crippen molar-refractivity contribution in [2.24, 2.45) is 7.05 Å². The summed E-state index contributed by atoms with van der Waals surface area (Å²) >= 11 is 0. The Hall–Kier alpha value is -1.58. The zero-order valence-electron chi connectivity index (χ0n) is 9.59. The Labute approximate surface area is 95.5 Å². The van der Waals surface area contributed by atoms with Gasteiger partial charge < -0.3 is 4.90 Å². The van der Waals surface area contributed by atoms with Crippen LogP contribution in [0.1, 0.15) is 31.0 Å². The highest BCUT2D eigenvalue weighted by atomic mass is 16.2. The van der Waals surface area contributed by atoms with Gasteiger partial charge in [0.15, 0.2) is 0 Å². The number of aryl methyl sites for hydroxylation is 1. The highest BCUT2D eigenvalue weighted by Crippen LogP contribution is 2.30. The lowest BCUT2D eigenvalue weighted by atomic mass is 9.99. The van der Waals surface area contributed by atoms with Crippen molar-refractivity contribution >= 4 is 5.91 Å². The number of hydrogen-bond donors (Lipinski definition) is 0. The molecule has 0 radical (unpaired) electrons. The first-order chi connectivity index (χ1) is 7.74. The first-order valence-corrected chi connectivity index (χ1v) is 5.65. The topological polar surface area (TPSA) is 38.1 Å². The van der Waals surface area contributed by atoms with Crippen LogP contribution in [0.5, 0.6) is 0 Å². The number of aromatic nitrogens is 2. The molecule has 1 saturated heterocycles. The third kappa shape index (κ3) is 1.87.